The molecule has 8 heavy (non-hydrogen) atoms. The molecule has 0 heterocycles. The first-order valence-electron chi connectivity index (χ1n) is 1.40. The second kappa shape index (κ2) is 3.20. The summed E-state index contributed by atoms with van der Waals surface area (Å²) in [5.41, 5.74) is 0. The average molecular weight is 243 g/mol. The lowest BCUT2D eigenvalue weighted by Gasteiger charge is -2.02. The molecule has 0 saturated carbocycles. The molecule has 0 aliphatic carbocycles. The van der Waals surface area contributed by atoms with Gasteiger partial charge in [0, 0.05) is 0 Å². The van der Waals surface area contributed by atoms with Gasteiger partial charge >= 0.3 is 0 Å². The Labute approximate surface area is 69.2 Å². The molecule has 1 nitrogen and oxygen atoms in total. The van der Waals surface area contributed by atoms with Gasteiger partial charge in [-0.15, -0.1) is 0 Å². The second-order valence-electron chi connectivity index (χ2n) is 0.873. The summed E-state index contributed by atoms with van der Waals surface area (Å²) in [5, 5.41) is 0. The Balaban J connectivity index is 4.03. The van der Waals surface area contributed by atoms with Crippen LogP contribution >= 0.6 is 51.0 Å². The van der Waals surface area contributed by atoms with Crippen molar-refractivity contribution < 1.29 is 4.39 Å². The maximum atomic E-state index is 11.9. The quantitative estimate of drug-likeness (QED) is 0.458. The molecule has 0 atom stereocenters. The van der Waals surface area contributed by atoms with Gasteiger partial charge in [-0.05, 0) is 0 Å². The summed E-state index contributed by atoms with van der Waals surface area (Å²) >= 11 is 17.3. The highest BCUT2D eigenvalue weighted by molar-refractivity contribution is 9.08. The van der Waals surface area contributed by atoms with E-state index in [-0.39, 0.29) is 0 Å². The summed E-state index contributed by atoms with van der Waals surface area (Å²) in [6.45, 7) is 0. The highest BCUT2D eigenvalue weighted by Gasteiger charge is 2.27. The molecule has 0 N–H and O–H groups in total. The molecule has 0 rings (SSSR count). The summed E-state index contributed by atoms with van der Waals surface area (Å²) in [6, 6.07) is 0. The van der Waals surface area contributed by atoms with Gasteiger partial charge in [-0.2, -0.15) is 8.41 Å². The minimum atomic E-state index is -2.04. The van der Waals surface area contributed by atoms with E-state index in [2.05, 4.69) is 20.2 Å². The van der Waals surface area contributed by atoms with E-state index in [4.69, 9.17) is 34.8 Å². The normalized spacial score (nSPS) is 14.4. The van der Waals surface area contributed by atoms with E-state index in [0.29, 0.717) is 0 Å². The average Bonchev–Trinajstić information content (AvgIpc) is 1.62. The molecule has 0 aliphatic heterocycles. The van der Waals surface area contributed by atoms with Crippen LogP contribution in [0.5, 0.6) is 0 Å². The maximum Gasteiger partial charge on any atom is 0.260 e. The minimum Gasteiger partial charge on any atom is -0.184 e. The van der Waals surface area contributed by atoms with Gasteiger partial charge in [0.2, 0.25) is 5.97 Å². The first-order valence-corrected chi connectivity index (χ1v) is 3.24. The van der Waals surface area contributed by atoms with E-state index in [1.165, 1.54) is 0 Å². The largest absolute Gasteiger partial charge is 0.260 e. The van der Waals surface area contributed by atoms with Crippen LogP contribution in [0, 0.1) is 0 Å². The van der Waals surface area contributed by atoms with Crippen LogP contribution in [0.25, 0.3) is 0 Å². The van der Waals surface area contributed by atoms with Gasteiger partial charge in [0.1, 0.15) is 0 Å². The number of hydrogen-bond acceptors (Lipinski definition) is 1. The lowest BCUT2D eigenvalue weighted by Crippen LogP contribution is -2.11. The smallest absolute Gasteiger partial charge is 0.184 e. The van der Waals surface area contributed by atoms with Gasteiger partial charge < -0.3 is 0 Å². The van der Waals surface area contributed by atoms with Gasteiger partial charge in [0.15, 0.2) is 0 Å². The lowest BCUT2D eigenvalue weighted by molar-refractivity contribution is 0.791. The molecule has 0 aromatic rings. The molecule has 0 spiro atoms. The SMILES string of the molecule is F/C(=N\Br)C(Cl)(Cl)Cl. The summed E-state index contributed by atoms with van der Waals surface area (Å²) in [4.78, 5) is 0. The predicted molar refractivity (Wildman–Crippen MR) is 37.8 cm³/mol. The topological polar surface area (TPSA) is 12.4 Å². The number of halogens is 5. The van der Waals surface area contributed by atoms with Crippen LogP contribution in [-0.4, -0.2) is 9.76 Å². The maximum absolute atomic E-state index is 11.9. The van der Waals surface area contributed by atoms with Crippen LogP contribution in [0.4, 0.5) is 4.39 Å². The van der Waals surface area contributed by atoms with Crippen molar-refractivity contribution in [2.24, 2.45) is 4.02 Å². The van der Waals surface area contributed by atoms with Gasteiger partial charge in [-0.1, -0.05) is 34.8 Å². The van der Waals surface area contributed by atoms with E-state index >= 15 is 0 Å². The zero-order valence-corrected chi connectivity index (χ0v) is 7.19. The molecule has 0 aromatic carbocycles. The van der Waals surface area contributed by atoms with Crippen molar-refractivity contribution in [2.75, 3.05) is 0 Å². The van der Waals surface area contributed by atoms with E-state index < -0.39 is 9.76 Å². The zero-order chi connectivity index (χ0) is 6.78. The molecule has 0 saturated heterocycles. The van der Waals surface area contributed by atoms with E-state index in [0.717, 1.165) is 0 Å². The first kappa shape index (κ1) is 8.95. The molecule has 0 radical (unpaired) electrons. The van der Waals surface area contributed by atoms with Crippen LogP contribution < -0.4 is 0 Å². The molecule has 0 aliphatic rings. The third-order valence-corrected chi connectivity index (χ3v) is 1.09. The molecular formula is C2BrCl3FN. The molecule has 0 amide bonds. The van der Waals surface area contributed by atoms with Crippen molar-refractivity contribution in [1.82, 2.24) is 0 Å². The Hall–Kier alpha value is 0.950. The number of nitrogens with zero attached hydrogens (tertiary/aromatic N) is 1. The Morgan fingerprint density at radius 1 is 1.50 bits per heavy atom. The molecule has 0 aromatic heterocycles. The predicted octanol–water partition coefficient (Wildman–Crippen LogP) is 3.03. The Bertz CT molecular complexity index is 108. The summed E-state index contributed by atoms with van der Waals surface area (Å²) < 4.78 is 12.7. The highest BCUT2D eigenvalue weighted by atomic mass is 79.9. The third kappa shape index (κ3) is 3.07. The summed E-state index contributed by atoms with van der Waals surface area (Å²) in [5.74, 6) is -1.08. The third-order valence-electron chi connectivity index (χ3n) is 0.308. The molecule has 48 valence electrons. The van der Waals surface area contributed by atoms with Gasteiger partial charge in [-0.25, -0.2) is 0 Å². The van der Waals surface area contributed by atoms with Gasteiger partial charge in [-0.3, -0.25) is 0 Å². The van der Waals surface area contributed by atoms with Crippen molar-refractivity contribution in [3.63, 3.8) is 0 Å². The lowest BCUT2D eigenvalue weighted by atomic mass is 10.8. The fraction of sp³-hybridized carbons (Fsp3) is 0.500. The Kier molecular flexibility index (Phi) is 3.58. The molecule has 6 heteroatoms. The van der Waals surface area contributed by atoms with Gasteiger partial charge in [0.05, 0.1) is 16.1 Å². The standard InChI is InChI=1S/C2BrCl3FN/c3-8-1(7)2(4,5)6/b8-1-. The minimum absolute atomic E-state index is 1.08. The molecule has 0 bridgehead atoms. The number of alkyl halides is 3. The van der Waals surface area contributed by atoms with Crippen molar-refractivity contribution in [3.05, 3.63) is 0 Å². The monoisotopic (exact) mass is 241 g/mol. The molecule has 0 fully saturated rings. The van der Waals surface area contributed by atoms with Crippen molar-refractivity contribution in [3.8, 4) is 0 Å². The van der Waals surface area contributed by atoms with E-state index in [1.54, 1.807) is 0 Å². The fourth-order valence-corrected chi connectivity index (χ4v) is 0.747. The fourth-order valence-electron chi connectivity index (χ4n) is 0.0479. The molecular weight excluding hydrogens is 243 g/mol. The van der Waals surface area contributed by atoms with Crippen molar-refractivity contribution >= 4 is 56.9 Å². The van der Waals surface area contributed by atoms with Gasteiger partial charge in [0.25, 0.3) is 3.79 Å². The molecule has 0 unspecified atom stereocenters. The van der Waals surface area contributed by atoms with Crippen LogP contribution in [0.1, 0.15) is 0 Å². The van der Waals surface area contributed by atoms with Crippen LogP contribution in [-0.2, 0) is 0 Å². The second-order valence-corrected chi connectivity index (χ2v) is 3.51. The number of hydrogen-bond donors (Lipinski definition) is 0. The zero-order valence-electron chi connectivity index (χ0n) is 3.34. The first-order chi connectivity index (χ1) is 3.48. The van der Waals surface area contributed by atoms with E-state index in [9.17, 15) is 4.39 Å². The summed E-state index contributed by atoms with van der Waals surface area (Å²) in [6.07, 6.45) is 0. The van der Waals surface area contributed by atoms with Crippen LogP contribution in [0.2, 0.25) is 0 Å². The number of rotatable bonds is 0. The summed E-state index contributed by atoms with van der Waals surface area (Å²) in [7, 11) is 0. The van der Waals surface area contributed by atoms with Crippen molar-refractivity contribution in [2.45, 2.75) is 3.79 Å². The highest BCUT2D eigenvalue weighted by Crippen LogP contribution is 2.28. The van der Waals surface area contributed by atoms with Crippen LogP contribution in [0.3, 0.4) is 0 Å². The Morgan fingerprint density at radius 3 is 1.88 bits per heavy atom. The van der Waals surface area contributed by atoms with E-state index in [1.807, 2.05) is 0 Å². The Morgan fingerprint density at radius 2 is 1.88 bits per heavy atom. The van der Waals surface area contributed by atoms with Crippen LogP contribution in [0.15, 0.2) is 4.02 Å². The van der Waals surface area contributed by atoms with Crippen molar-refractivity contribution in [1.29, 1.82) is 0 Å².